The van der Waals surface area contributed by atoms with Crippen LogP contribution in [0.4, 0.5) is 0 Å². The van der Waals surface area contributed by atoms with E-state index in [2.05, 4.69) is 6.08 Å². The molecule has 1 aliphatic heterocycles. The molecule has 0 aromatic heterocycles. The molecule has 0 amide bonds. The van der Waals surface area contributed by atoms with E-state index in [1.807, 2.05) is 13.0 Å². The van der Waals surface area contributed by atoms with E-state index in [0.29, 0.717) is 6.42 Å². The molecule has 0 saturated heterocycles. The highest BCUT2D eigenvalue weighted by Crippen LogP contribution is 2.42. The zero-order valence-corrected chi connectivity index (χ0v) is 18.2. The van der Waals surface area contributed by atoms with Crippen LogP contribution in [0.2, 0.25) is 0 Å². The number of phenolic OH excluding ortho intramolecular Hbond substituents is 3. The largest absolute Gasteiger partial charge is 0.508 e. The van der Waals surface area contributed by atoms with Crippen molar-refractivity contribution in [3.8, 4) is 23.0 Å². The minimum Gasteiger partial charge on any atom is -0.508 e. The first kappa shape index (κ1) is 22.7. The molecule has 0 fully saturated rings. The average Bonchev–Trinajstić information content (AvgIpc) is 2.65. The number of phenols is 3. The fourth-order valence-electron chi connectivity index (χ4n) is 3.77. The number of hydrogen-bond donors (Lipinski definition) is 4. The topological polar surface area (TPSA) is 107 Å². The first-order chi connectivity index (χ1) is 14.5. The number of fused-ring (bicyclic) bond motifs is 1. The third kappa shape index (κ3) is 5.79. The van der Waals surface area contributed by atoms with Gasteiger partial charge in [-0.15, -0.1) is 0 Å². The van der Waals surface area contributed by atoms with E-state index in [4.69, 9.17) is 4.74 Å². The Labute approximate surface area is 182 Å². The van der Waals surface area contributed by atoms with Crippen LogP contribution in [0.1, 0.15) is 74.0 Å². The molecule has 0 saturated carbocycles. The van der Waals surface area contributed by atoms with Gasteiger partial charge in [0.25, 0.3) is 0 Å². The molecule has 0 radical (unpaired) electrons. The number of benzene rings is 2. The number of aromatic hydroxyl groups is 3. The van der Waals surface area contributed by atoms with Crippen LogP contribution >= 0.6 is 0 Å². The lowest BCUT2D eigenvalue weighted by Crippen LogP contribution is -2.20. The number of ether oxygens (including phenoxy) is 1. The van der Waals surface area contributed by atoms with Gasteiger partial charge in [-0.25, -0.2) is 0 Å². The molecule has 4 N–H and O–H groups in total. The molecular weight excluding hydrogens is 396 g/mol. The predicted molar refractivity (Wildman–Crippen MR) is 118 cm³/mol. The molecule has 3 rings (SSSR count). The van der Waals surface area contributed by atoms with Gasteiger partial charge in [0.05, 0.1) is 12.0 Å². The van der Waals surface area contributed by atoms with Crippen LogP contribution in [-0.4, -0.2) is 31.8 Å². The number of rotatable bonds is 7. The summed E-state index contributed by atoms with van der Waals surface area (Å²) in [6.45, 7) is 5.63. The highest BCUT2D eigenvalue weighted by Gasteiger charge is 2.31. The molecule has 0 bridgehead atoms. The van der Waals surface area contributed by atoms with E-state index < -0.39 is 11.7 Å². The summed E-state index contributed by atoms with van der Waals surface area (Å²) in [7, 11) is 0. The Kier molecular flexibility index (Phi) is 6.60. The van der Waals surface area contributed by atoms with E-state index in [9.17, 15) is 25.2 Å². The van der Waals surface area contributed by atoms with Crippen molar-refractivity contribution in [3.63, 3.8) is 0 Å². The minimum atomic E-state index is -0.670. The quantitative estimate of drug-likeness (QED) is 0.467. The van der Waals surface area contributed by atoms with E-state index in [1.165, 1.54) is 11.6 Å². The number of hydrogen-bond acceptors (Lipinski definition) is 6. The average molecular weight is 427 g/mol. The van der Waals surface area contributed by atoms with Gasteiger partial charge in [0.15, 0.2) is 5.78 Å². The van der Waals surface area contributed by atoms with Gasteiger partial charge >= 0.3 is 0 Å². The summed E-state index contributed by atoms with van der Waals surface area (Å²) < 4.78 is 5.89. The van der Waals surface area contributed by atoms with E-state index in [1.54, 1.807) is 26.0 Å². The Morgan fingerprint density at radius 2 is 1.90 bits per heavy atom. The fourth-order valence-corrected chi connectivity index (χ4v) is 3.77. The SMILES string of the molecule is CC(=CCc1cc(C2CC(=O)c3c(O)cc(O)cc3O2)ccc1O)CCCC(C)(C)O. The lowest BCUT2D eigenvalue weighted by Gasteiger charge is -2.26. The van der Waals surface area contributed by atoms with Gasteiger partial charge in [-0.1, -0.05) is 17.7 Å². The van der Waals surface area contributed by atoms with E-state index in [0.717, 1.165) is 36.5 Å². The summed E-state index contributed by atoms with van der Waals surface area (Å²) >= 11 is 0. The van der Waals surface area contributed by atoms with Crippen molar-refractivity contribution in [2.24, 2.45) is 0 Å². The summed E-state index contributed by atoms with van der Waals surface area (Å²) in [5, 5.41) is 39.8. The third-order valence-electron chi connectivity index (χ3n) is 5.49. The Balaban J connectivity index is 1.74. The van der Waals surface area contributed by atoms with Gasteiger partial charge in [-0.2, -0.15) is 0 Å². The number of Topliss-reactive ketones (excluding diaryl/α,β-unsaturated/α-hetero) is 1. The van der Waals surface area contributed by atoms with Crippen molar-refractivity contribution in [1.82, 2.24) is 0 Å². The Bertz CT molecular complexity index is 1000. The molecular formula is C25H30O6. The van der Waals surface area contributed by atoms with Gasteiger partial charge < -0.3 is 25.2 Å². The molecule has 6 heteroatoms. The normalized spacial score (nSPS) is 16.7. The van der Waals surface area contributed by atoms with Crippen LogP contribution in [-0.2, 0) is 6.42 Å². The van der Waals surface area contributed by atoms with Crippen molar-refractivity contribution in [1.29, 1.82) is 0 Å². The van der Waals surface area contributed by atoms with Crippen molar-refractivity contribution >= 4 is 5.78 Å². The van der Waals surface area contributed by atoms with Gasteiger partial charge in [0, 0.05) is 12.1 Å². The molecule has 2 aromatic rings. The second-order valence-corrected chi connectivity index (χ2v) is 8.88. The van der Waals surface area contributed by atoms with Gasteiger partial charge in [0.2, 0.25) is 0 Å². The maximum atomic E-state index is 12.5. The standard InChI is InChI=1S/C25H30O6/c1-15(5-4-10-25(2,3)30)6-7-16-11-17(8-9-19(16)27)22-14-21(29)24-20(28)12-18(26)13-23(24)31-22/h6,8-9,11-13,22,26-28,30H,4-5,7,10,14H2,1-3H3. The van der Waals surface area contributed by atoms with Crippen LogP contribution in [0, 0.1) is 0 Å². The van der Waals surface area contributed by atoms with Crippen LogP contribution in [0.15, 0.2) is 42.0 Å². The van der Waals surface area contributed by atoms with Crippen LogP contribution in [0.5, 0.6) is 23.0 Å². The van der Waals surface area contributed by atoms with Gasteiger partial charge in [-0.3, -0.25) is 4.79 Å². The van der Waals surface area contributed by atoms with Gasteiger partial charge in [0.1, 0.15) is 34.7 Å². The van der Waals surface area contributed by atoms with Crippen LogP contribution < -0.4 is 4.74 Å². The number of carbonyl (C=O) groups is 1. The lowest BCUT2D eigenvalue weighted by atomic mass is 9.93. The minimum absolute atomic E-state index is 0.0569. The highest BCUT2D eigenvalue weighted by molar-refractivity contribution is 6.02. The van der Waals surface area contributed by atoms with Crippen molar-refractivity contribution in [2.75, 3.05) is 0 Å². The second kappa shape index (κ2) is 9.02. The van der Waals surface area contributed by atoms with Crippen LogP contribution in [0.25, 0.3) is 0 Å². The Morgan fingerprint density at radius 3 is 2.61 bits per heavy atom. The van der Waals surface area contributed by atoms with Crippen LogP contribution in [0.3, 0.4) is 0 Å². The summed E-state index contributed by atoms with van der Waals surface area (Å²) in [6, 6.07) is 7.56. The molecule has 31 heavy (non-hydrogen) atoms. The fraction of sp³-hybridized carbons (Fsp3) is 0.400. The Hall–Kier alpha value is -2.99. The highest BCUT2D eigenvalue weighted by atomic mass is 16.5. The lowest BCUT2D eigenvalue weighted by molar-refractivity contribution is 0.0689. The maximum absolute atomic E-state index is 12.5. The number of ketones is 1. The predicted octanol–water partition coefficient (Wildman–Crippen LogP) is 4.94. The number of allylic oxidation sites excluding steroid dienone is 2. The van der Waals surface area contributed by atoms with Crippen molar-refractivity contribution in [2.45, 2.75) is 64.6 Å². The second-order valence-electron chi connectivity index (χ2n) is 8.88. The molecule has 166 valence electrons. The molecule has 6 nitrogen and oxygen atoms in total. The molecule has 1 aliphatic rings. The molecule has 0 spiro atoms. The summed E-state index contributed by atoms with van der Waals surface area (Å²) in [5.41, 5.74) is 2.05. The van der Waals surface area contributed by atoms with Crippen molar-refractivity contribution < 1.29 is 30.0 Å². The zero-order chi connectivity index (χ0) is 22.8. The Morgan fingerprint density at radius 1 is 1.16 bits per heavy atom. The molecule has 0 aliphatic carbocycles. The summed E-state index contributed by atoms with van der Waals surface area (Å²) in [4.78, 5) is 12.5. The number of aliphatic hydroxyl groups is 1. The molecule has 2 aromatic carbocycles. The molecule has 1 atom stereocenters. The summed E-state index contributed by atoms with van der Waals surface area (Å²) in [5.74, 6) is -0.421. The zero-order valence-electron chi connectivity index (χ0n) is 18.2. The molecule has 1 unspecified atom stereocenters. The maximum Gasteiger partial charge on any atom is 0.174 e. The summed E-state index contributed by atoms with van der Waals surface area (Å²) in [6.07, 6.45) is 4.55. The van der Waals surface area contributed by atoms with Crippen molar-refractivity contribution in [3.05, 3.63) is 58.7 Å². The smallest absolute Gasteiger partial charge is 0.174 e. The third-order valence-corrected chi connectivity index (χ3v) is 5.49. The first-order valence-corrected chi connectivity index (χ1v) is 10.5. The van der Waals surface area contributed by atoms with E-state index >= 15 is 0 Å². The first-order valence-electron chi connectivity index (χ1n) is 10.5. The monoisotopic (exact) mass is 426 g/mol. The molecule has 1 heterocycles. The van der Waals surface area contributed by atoms with Gasteiger partial charge in [-0.05, 0) is 69.7 Å². The number of carbonyl (C=O) groups excluding carboxylic acids is 1. The van der Waals surface area contributed by atoms with E-state index in [-0.39, 0.29) is 40.8 Å².